The Morgan fingerprint density at radius 1 is 1.00 bits per heavy atom. The van der Waals surface area contributed by atoms with Gasteiger partial charge in [0.05, 0.1) is 10.8 Å². The summed E-state index contributed by atoms with van der Waals surface area (Å²) in [5, 5.41) is 11.9. The lowest BCUT2D eigenvalue weighted by Gasteiger charge is -2.27. The number of nitrogens with zero attached hydrogens (tertiary/aromatic N) is 2. The van der Waals surface area contributed by atoms with E-state index in [4.69, 9.17) is 0 Å². The van der Waals surface area contributed by atoms with Crippen molar-refractivity contribution in [2.75, 3.05) is 33.2 Å². The predicted molar refractivity (Wildman–Crippen MR) is 75.7 cm³/mol. The maximum atomic E-state index is 12.5. The molecule has 2 rings (SSSR count). The highest BCUT2D eigenvalue weighted by atomic mass is 16.4. The van der Waals surface area contributed by atoms with Crippen LogP contribution >= 0.6 is 0 Å². The van der Waals surface area contributed by atoms with Gasteiger partial charge in [-0.05, 0) is 26.7 Å². The van der Waals surface area contributed by atoms with Gasteiger partial charge in [0, 0.05) is 33.2 Å². The molecule has 0 saturated carbocycles. The third kappa shape index (κ3) is 2.69. The minimum atomic E-state index is -0.866. The van der Waals surface area contributed by atoms with Crippen LogP contribution in [0.25, 0.3) is 0 Å². The molecular weight excluding hydrogens is 274 g/mol. The van der Waals surface area contributed by atoms with E-state index < -0.39 is 16.8 Å². The van der Waals surface area contributed by atoms with Crippen LogP contribution in [-0.2, 0) is 9.59 Å². The molecule has 2 saturated heterocycles. The van der Waals surface area contributed by atoms with Gasteiger partial charge in [0.1, 0.15) is 0 Å². The van der Waals surface area contributed by atoms with Crippen molar-refractivity contribution in [2.24, 2.45) is 10.8 Å². The number of amides is 3. The van der Waals surface area contributed by atoms with Gasteiger partial charge < -0.3 is 20.2 Å². The van der Waals surface area contributed by atoms with Crippen LogP contribution in [0.3, 0.4) is 0 Å². The van der Waals surface area contributed by atoms with Gasteiger partial charge in [0.25, 0.3) is 0 Å². The van der Waals surface area contributed by atoms with E-state index >= 15 is 0 Å². The summed E-state index contributed by atoms with van der Waals surface area (Å²) in [7, 11) is 1.59. The topological polar surface area (TPSA) is 90.0 Å². The molecule has 0 aromatic heterocycles. The molecular formula is C14H23N3O4. The van der Waals surface area contributed by atoms with Crippen molar-refractivity contribution in [3.8, 4) is 0 Å². The van der Waals surface area contributed by atoms with E-state index in [1.165, 1.54) is 0 Å². The summed E-state index contributed by atoms with van der Waals surface area (Å²) in [5.74, 6) is -0.927. The number of hydrogen-bond acceptors (Lipinski definition) is 3. The Labute approximate surface area is 124 Å². The van der Waals surface area contributed by atoms with Crippen LogP contribution in [0.4, 0.5) is 4.79 Å². The normalized spacial score (nSPS) is 32.3. The first kappa shape index (κ1) is 15.6. The monoisotopic (exact) mass is 297 g/mol. The molecule has 0 aromatic carbocycles. The lowest BCUT2D eigenvalue weighted by Crippen LogP contribution is -2.45. The van der Waals surface area contributed by atoms with Gasteiger partial charge in [-0.25, -0.2) is 4.79 Å². The summed E-state index contributed by atoms with van der Waals surface area (Å²) < 4.78 is 0. The van der Waals surface area contributed by atoms with Crippen LogP contribution in [0.15, 0.2) is 0 Å². The fourth-order valence-electron chi connectivity index (χ4n) is 3.11. The van der Waals surface area contributed by atoms with E-state index in [0.717, 1.165) is 0 Å². The largest absolute Gasteiger partial charge is 0.481 e. The van der Waals surface area contributed by atoms with Crippen molar-refractivity contribution >= 4 is 17.9 Å². The maximum absolute atomic E-state index is 12.5. The van der Waals surface area contributed by atoms with E-state index in [1.54, 1.807) is 23.8 Å². The standard InChI is InChI=1S/C14H23N3O4/c1-13(10(18)15-3)4-6-16(8-13)12(21)17-7-5-14(2,9-17)11(19)20/h4-9H2,1-3H3,(H,15,18)(H,19,20). The van der Waals surface area contributed by atoms with Gasteiger partial charge in [-0.2, -0.15) is 0 Å². The molecule has 2 aliphatic heterocycles. The molecule has 0 bridgehead atoms. The third-order valence-corrected chi connectivity index (χ3v) is 4.78. The molecule has 0 aliphatic carbocycles. The molecule has 2 atom stereocenters. The lowest BCUT2D eigenvalue weighted by atomic mass is 9.89. The van der Waals surface area contributed by atoms with E-state index in [0.29, 0.717) is 32.5 Å². The van der Waals surface area contributed by atoms with Gasteiger partial charge >= 0.3 is 12.0 Å². The van der Waals surface area contributed by atoms with Crippen LogP contribution in [0.2, 0.25) is 0 Å². The first-order valence-corrected chi connectivity index (χ1v) is 7.21. The number of carbonyl (C=O) groups excluding carboxylic acids is 2. The zero-order chi connectivity index (χ0) is 15.8. The second-order valence-corrected chi connectivity index (χ2v) is 6.63. The second kappa shape index (κ2) is 5.20. The SMILES string of the molecule is CNC(=O)C1(C)CCN(C(=O)N2CCC(C)(C(=O)O)C2)C1. The Bertz CT molecular complexity index is 481. The molecule has 118 valence electrons. The number of rotatable bonds is 2. The Hall–Kier alpha value is -1.79. The highest BCUT2D eigenvalue weighted by molar-refractivity contribution is 5.85. The Balaban J connectivity index is 2.00. The van der Waals surface area contributed by atoms with Gasteiger partial charge in [-0.15, -0.1) is 0 Å². The molecule has 2 heterocycles. The Morgan fingerprint density at radius 3 is 1.90 bits per heavy atom. The zero-order valence-corrected chi connectivity index (χ0v) is 12.8. The lowest BCUT2D eigenvalue weighted by molar-refractivity contribution is -0.147. The molecule has 3 amide bonds. The molecule has 7 nitrogen and oxygen atoms in total. The highest BCUT2D eigenvalue weighted by Gasteiger charge is 2.46. The molecule has 21 heavy (non-hydrogen) atoms. The summed E-state index contributed by atoms with van der Waals surface area (Å²) in [5.41, 5.74) is -1.42. The molecule has 0 spiro atoms. The summed E-state index contributed by atoms with van der Waals surface area (Å²) in [4.78, 5) is 38.8. The number of aliphatic carboxylic acids is 1. The highest BCUT2D eigenvalue weighted by Crippen LogP contribution is 2.34. The van der Waals surface area contributed by atoms with Crippen LogP contribution < -0.4 is 5.32 Å². The van der Waals surface area contributed by atoms with Crippen molar-refractivity contribution in [1.29, 1.82) is 0 Å². The summed E-state index contributed by atoms with van der Waals surface area (Å²) in [6, 6.07) is -0.160. The van der Waals surface area contributed by atoms with Crippen LogP contribution in [0.1, 0.15) is 26.7 Å². The van der Waals surface area contributed by atoms with Crippen molar-refractivity contribution in [1.82, 2.24) is 15.1 Å². The van der Waals surface area contributed by atoms with Gasteiger partial charge in [0.2, 0.25) is 5.91 Å². The minimum Gasteiger partial charge on any atom is -0.481 e. The van der Waals surface area contributed by atoms with E-state index in [2.05, 4.69) is 5.32 Å². The van der Waals surface area contributed by atoms with Gasteiger partial charge in [0.15, 0.2) is 0 Å². The van der Waals surface area contributed by atoms with Gasteiger partial charge in [-0.3, -0.25) is 9.59 Å². The average Bonchev–Trinajstić information content (AvgIpc) is 3.03. The summed E-state index contributed by atoms with van der Waals surface area (Å²) >= 11 is 0. The molecule has 2 aliphatic rings. The smallest absolute Gasteiger partial charge is 0.320 e. The number of nitrogens with one attached hydrogen (secondary N) is 1. The maximum Gasteiger partial charge on any atom is 0.320 e. The van der Waals surface area contributed by atoms with E-state index in [9.17, 15) is 19.5 Å². The summed E-state index contributed by atoms with van der Waals surface area (Å²) in [6.07, 6.45) is 1.09. The predicted octanol–water partition coefficient (Wildman–Crippen LogP) is 0.361. The Kier molecular flexibility index (Phi) is 3.86. The molecule has 0 aromatic rings. The first-order valence-electron chi connectivity index (χ1n) is 7.21. The average molecular weight is 297 g/mol. The second-order valence-electron chi connectivity index (χ2n) is 6.63. The summed E-state index contributed by atoms with van der Waals surface area (Å²) in [6.45, 7) is 5.11. The third-order valence-electron chi connectivity index (χ3n) is 4.78. The number of likely N-dealkylation sites (tertiary alicyclic amines) is 2. The van der Waals surface area contributed by atoms with E-state index in [1.807, 2.05) is 6.92 Å². The van der Waals surface area contributed by atoms with Crippen molar-refractivity contribution in [3.05, 3.63) is 0 Å². The minimum absolute atomic E-state index is 0.0606. The quantitative estimate of drug-likeness (QED) is 0.770. The van der Waals surface area contributed by atoms with Crippen LogP contribution in [-0.4, -0.2) is 66.0 Å². The molecule has 7 heteroatoms. The number of carboxylic acids is 1. The number of hydrogen-bond donors (Lipinski definition) is 2. The van der Waals surface area contributed by atoms with Crippen LogP contribution in [0.5, 0.6) is 0 Å². The molecule has 2 N–H and O–H groups in total. The zero-order valence-electron chi connectivity index (χ0n) is 12.8. The van der Waals surface area contributed by atoms with Crippen molar-refractivity contribution in [2.45, 2.75) is 26.7 Å². The fraction of sp³-hybridized carbons (Fsp3) is 0.786. The van der Waals surface area contributed by atoms with E-state index in [-0.39, 0.29) is 18.5 Å². The van der Waals surface area contributed by atoms with Crippen molar-refractivity contribution < 1.29 is 19.5 Å². The van der Waals surface area contributed by atoms with Crippen molar-refractivity contribution in [3.63, 3.8) is 0 Å². The molecule has 2 unspecified atom stereocenters. The molecule has 0 radical (unpaired) electrons. The fourth-order valence-corrected chi connectivity index (χ4v) is 3.11. The number of carbonyl (C=O) groups is 3. The molecule has 2 fully saturated rings. The Morgan fingerprint density at radius 2 is 1.48 bits per heavy atom. The number of carboxylic acid groups (broad SMARTS) is 1. The number of urea groups is 1. The van der Waals surface area contributed by atoms with Gasteiger partial charge in [-0.1, -0.05) is 0 Å². The van der Waals surface area contributed by atoms with Crippen LogP contribution in [0, 0.1) is 10.8 Å². The first-order chi connectivity index (χ1) is 9.72.